The number of likely N-dealkylation sites (tertiary alicyclic amines) is 2. The van der Waals surface area contributed by atoms with Crippen molar-refractivity contribution in [3.8, 4) is 0 Å². The molecule has 1 unspecified atom stereocenters. The lowest BCUT2D eigenvalue weighted by molar-refractivity contribution is -0.137. The first-order chi connectivity index (χ1) is 13.6. The van der Waals surface area contributed by atoms with E-state index in [4.69, 9.17) is 4.74 Å². The molecule has 2 amide bonds. The number of carbonyl (C=O) groups excluding carboxylic acids is 2. The lowest BCUT2D eigenvalue weighted by atomic mass is 9.87. The number of β-amino-alcohol motifs (C(OH)–C–C–N with tert-alkyl or cyclic N) is 1. The van der Waals surface area contributed by atoms with Crippen molar-refractivity contribution >= 4 is 12.0 Å². The van der Waals surface area contributed by atoms with Gasteiger partial charge in [0, 0.05) is 19.5 Å². The highest BCUT2D eigenvalue weighted by atomic mass is 16.6. The monoisotopic (exact) mass is 404 g/mol. The Morgan fingerprint density at radius 2 is 1.93 bits per heavy atom. The van der Waals surface area contributed by atoms with Gasteiger partial charge in [-0.05, 0) is 58.3 Å². The van der Waals surface area contributed by atoms with E-state index in [0.29, 0.717) is 24.9 Å². The number of nitrogens with zero attached hydrogens (tertiary/aromatic N) is 2. The highest BCUT2D eigenvalue weighted by Gasteiger charge is 2.43. The molecule has 162 valence electrons. The number of carbonyl (C=O) groups is 2. The van der Waals surface area contributed by atoms with Crippen LogP contribution in [-0.2, 0) is 9.53 Å². The molecule has 0 radical (unpaired) electrons. The topological polar surface area (TPSA) is 70.1 Å². The predicted octanol–water partition coefficient (Wildman–Crippen LogP) is 3.51. The van der Waals surface area contributed by atoms with Gasteiger partial charge in [-0.1, -0.05) is 30.7 Å². The van der Waals surface area contributed by atoms with E-state index in [0.717, 1.165) is 25.7 Å². The molecule has 3 atom stereocenters. The van der Waals surface area contributed by atoms with E-state index < -0.39 is 23.8 Å². The number of ether oxygens (including phenoxy) is 1. The van der Waals surface area contributed by atoms with Crippen LogP contribution in [0.2, 0.25) is 0 Å². The minimum absolute atomic E-state index is 0.0588. The zero-order chi connectivity index (χ0) is 21.2. The maximum absolute atomic E-state index is 13.1. The molecule has 1 aliphatic carbocycles. The summed E-state index contributed by atoms with van der Waals surface area (Å²) in [5, 5.41) is 10.1. The maximum Gasteiger partial charge on any atom is 0.411 e. The van der Waals surface area contributed by atoms with Crippen molar-refractivity contribution in [3.05, 3.63) is 23.8 Å². The van der Waals surface area contributed by atoms with E-state index in [1.54, 1.807) is 20.8 Å². The first-order valence-electron chi connectivity index (χ1n) is 11.0. The van der Waals surface area contributed by atoms with Gasteiger partial charge in [-0.2, -0.15) is 0 Å². The number of allylic oxidation sites excluding steroid dienone is 4. The third kappa shape index (κ3) is 5.84. The Kier molecular flexibility index (Phi) is 6.72. The molecule has 3 aliphatic rings. The molecule has 0 saturated carbocycles. The normalized spacial score (nSPS) is 28.4. The minimum atomic E-state index is -0.679. The lowest BCUT2D eigenvalue weighted by Gasteiger charge is -2.36. The van der Waals surface area contributed by atoms with Crippen molar-refractivity contribution in [1.29, 1.82) is 0 Å². The zero-order valence-corrected chi connectivity index (χ0v) is 18.3. The Bertz CT molecular complexity index is 671. The summed E-state index contributed by atoms with van der Waals surface area (Å²) in [6.07, 6.45) is 10.1. The lowest BCUT2D eigenvalue weighted by Crippen LogP contribution is -2.50. The van der Waals surface area contributed by atoms with Crippen LogP contribution in [0.1, 0.15) is 59.8 Å². The van der Waals surface area contributed by atoms with Crippen molar-refractivity contribution in [2.45, 2.75) is 77.5 Å². The molecule has 1 N–H and O–H groups in total. The molecule has 6 nitrogen and oxygen atoms in total. The summed E-state index contributed by atoms with van der Waals surface area (Å²) in [5.74, 6) is 1.17. The largest absolute Gasteiger partial charge is 0.444 e. The highest BCUT2D eigenvalue weighted by Crippen LogP contribution is 2.29. The fraction of sp³-hybridized carbons (Fsp3) is 0.739. The third-order valence-electron chi connectivity index (χ3n) is 6.03. The highest BCUT2D eigenvalue weighted by molar-refractivity contribution is 5.86. The third-order valence-corrected chi connectivity index (χ3v) is 6.03. The summed E-state index contributed by atoms with van der Waals surface area (Å²) in [7, 11) is 0. The van der Waals surface area contributed by atoms with E-state index in [2.05, 4.69) is 25.2 Å². The van der Waals surface area contributed by atoms with Gasteiger partial charge in [0.25, 0.3) is 0 Å². The van der Waals surface area contributed by atoms with E-state index in [9.17, 15) is 14.7 Å². The van der Waals surface area contributed by atoms with Crippen LogP contribution in [-0.4, -0.2) is 64.3 Å². The van der Waals surface area contributed by atoms with E-state index in [1.165, 1.54) is 10.5 Å². The Morgan fingerprint density at radius 3 is 2.52 bits per heavy atom. The van der Waals surface area contributed by atoms with Gasteiger partial charge in [0.15, 0.2) is 0 Å². The SMILES string of the molecule is CC1C=CC(CC2CCN(C(=O)[C@@H]3C[C@@H](O)CN3C(=O)OC(C)(C)C)CC2)=CC1. The molecule has 0 aromatic rings. The fourth-order valence-electron chi connectivity index (χ4n) is 4.39. The summed E-state index contributed by atoms with van der Waals surface area (Å²) < 4.78 is 5.44. The van der Waals surface area contributed by atoms with Crippen molar-refractivity contribution in [2.24, 2.45) is 11.8 Å². The molecule has 0 bridgehead atoms. The second-order valence-corrected chi connectivity index (χ2v) is 9.86. The predicted molar refractivity (Wildman–Crippen MR) is 112 cm³/mol. The maximum atomic E-state index is 13.1. The Morgan fingerprint density at radius 1 is 1.24 bits per heavy atom. The first-order valence-corrected chi connectivity index (χ1v) is 11.0. The standard InChI is InChI=1S/C23H36N2O4/c1-16-5-7-17(8-6-16)13-18-9-11-24(12-10-18)21(27)20-14-19(26)15-25(20)22(28)29-23(2,3)4/h5,7-8,16,18-20,26H,6,9-15H2,1-4H3/t16?,19-,20+/m1/s1. The summed E-state index contributed by atoms with van der Waals surface area (Å²) in [6.45, 7) is 9.22. The van der Waals surface area contributed by atoms with Gasteiger partial charge < -0.3 is 14.7 Å². The van der Waals surface area contributed by atoms with Crippen LogP contribution in [0.5, 0.6) is 0 Å². The van der Waals surface area contributed by atoms with Crippen LogP contribution in [0.4, 0.5) is 4.79 Å². The van der Waals surface area contributed by atoms with Crippen LogP contribution in [0.15, 0.2) is 23.8 Å². The number of hydrogen-bond donors (Lipinski definition) is 1. The summed E-state index contributed by atoms with van der Waals surface area (Å²) in [4.78, 5) is 28.9. The Balaban J connectivity index is 1.54. The fourth-order valence-corrected chi connectivity index (χ4v) is 4.39. The van der Waals surface area contributed by atoms with Crippen molar-refractivity contribution < 1.29 is 19.4 Å². The number of aliphatic hydroxyl groups excluding tert-OH is 1. The van der Waals surface area contributed by atoms with Gasteiger partial charge in [0.1, 0.15) is 11.6 Å². The molecule has 3 rings (SSSR count). The van der Waals surface area contributed by atoms with Gasteiger partial charge in [0.2, 0.25) is 5.91 Å². The average Bonchev–Trinajstić information content (AvgIpc) is 3.04. The van der Waals surface area contributed by atoms with Crippen molar-refractivity contribution in [1.82, 2.24) is 9.80 Å². The van der Waals surface area contributed by atoms with Gasteiger partial charge in [-0.25, -0.2) is 4.79 Å². The average molecular weight is 405 g/mol. The van der Waals surface area contributed by atoms with Crippen LogP contribution in [0.25, 0.3) is 0 Å². The van der Waals surface area contributed by atoms with Crippen LogP contribution in [0.3, 0.4) is 0 Å². The Labute approximate surface area is 174 Å². The molecule has 29 heavy (non-hydrogen) atoms. The molecule has 2 heterocycles. The number of piperidine rings is 1. The number of rotatable bonds is 3. The first kappa shape index (κ1) is 21.9. The summed E-state index contributed by atoms with van der Waals surface area (Å²) in [5.41, 5.74) is 0.791. The second-order valence-electron chi connectivity index (χ2n) is 9.86. The smallest absolute Gasteiger partial charge is 0.411 e. The van der Waals surface area contributed by atoms with Crippen molar-refractivity contribution in [2.75, 3.05) is 19.6 Å². The van der Waals surface area contributed by atoms with Crippen LogP contribution in [0, 0.1) is 11.8 Å². The van der Waals surface area contributed by atoms with E-state index >= 15 is 0 Å². The molecule has 6 heteroatoms. The summed E-state index contributed by atoms with van der Waals surface area (Å²) in [6, 6.07) is -0.623. The van der Waals surface area contributed by atoms with E-state index in [-0.39, 0.29) is 18.9 Å². The molecular weight excluding hydrogens is 368 g/mol. The second kappa shape index (κ2) is 8.90. The summed E-state index contributed by atoms with van der Waals surface area (Å²) >= 11 is 0. The van der Waals surface area contributed by atoms with Gasteiger partial charge in [-0.3, -0.25) is 9.69 Å². The van der Waals surface area contributed by atoms with Crippen LogP contribution < -0.4 is 0 Å². The number of aliphatic hydroxyl groups is 1. The Hall–Kier alpha value is -1.82. The minimum Gasteiger partial charge on any atom is -0.444 e. The molecule has 2 fully saturated rings. The van der Waals surface area contributed by atoms with Gasteiger partial charge >= 0.3 is 6.09 Å². The van der Waals surface area contributed by atoms with Gasteiger partial charge in [0.05, 0.1) is 12.6 Å². The molecule has 2 aliphatic heterocycles. The van der Waals surface area contributed by atoms with E-state index in [1.807, 2.05) is 4.90 Å². The molecule has 2 saturated heterocycles. The number of amides is 2. The molecule has 0 aromatic heterocycles. The quantitative estimate of drug-likeness (QED) is 0.781. The van der Waals surface area contributed by atoms with Crippen LogP contribution >= 0.6 is 0 Å². The molecule has 0 aromatic carbocycles. The molecular formula is C23H36N2O4. The van der Waals surface area contributed by atoms with Crippen molar-refractivity contribution in [3.63, 3.8) is 0 Å². The van der Waals surface area contributed by atoms with Gasteiger partial charge in [-0.15, -0.1) is 0 Å². The molecule has 0 spiro atoms. The number of hydrogen-bond acceptors (Lipinski definition) is 4. The zero-order valence-electron chi connectivity index (χ0n) is 18.3.